The number of aromatic nitrogens is 2. The number of amides is 1. The molecular weight excluding hydrogens is 326 g/mol. The molecule has 7 heteroatoms. The minimum atomic E-state index is -3.21. The number of hydrogen-bond acceptors (Lipinski definition) is 4. The summed E-state index contributed by atoms with van der Waals surface area (Å²) in [5.74, 6) is 0.717. The first-order valence-electron chi connectivity index (χ1n) is 8.07. The molecular formula is C17H21N3O3S. The van der Waals surface area contributed by atoms with Crippen LogP contribution in [-0.2, 0) is 40.9 Å². The van der Waals surface area contributed by atoms with Gasteiger partial charge in [-0.2, -0.15) is 5.10 Å². The maximum atomic E-state index is 12.3. The lowest BCUT2D eigenvalue weighted by molar-refractivity contribution is -0.115. The van der Waals surface area contributed by atoms with Gasteiger partial charge in [-0.15, -0.1) is 0 Å². The average molecular weight is 347 g/mol. The quantitative estimate of drug-likeness (QED) is 0.895. The van der Waals surface area contributed by atoms with Crippen molar-refractivity contribution in [3.63, 3.8) is 0 Å². The summed E-state index contributed by atoms with van der Waals surface area (Å²) in [5, 5.41) is 7.37. The second kappa shape index (κ2) is 6.39. The molecule has 0 bridgehead atoms. The molecule has 0 saturated heterocycles. The number of aryl methyl sites for hydroxylation is 2. The molecule has 1 heterocycles. The number of fused-ring (bicyclic) bond motifs is 1. The van der Waals surface area contributed by atoms with Crippen molar-refractivity contribution in [1.29, 1.82) is 0 Å². The van der Waals surface area contributed by atoms with Gasteiger partial charge in [0.05, 0.1) is 22.8 Å². The Labute approximate surface area is 141 Å². The van der Waals surface area contributed by atoms with Crippen LogP contribution in [0.2, 0.25) is 0 Å². The van der Waals surface area contributed by atoms with Crippen LogP contribution in [0.15, 0.2) is 29.2 Å². The van der Waals surface area contributed by atoms with Crippen molar-refractivity contribution in [1.82, 2.24) is 9.78 Å². The number of benzene rings is 1. The van der Waals surface area contributed by atoms with E-state index < -0.39 is 9.84 Å². The maximum Gasteiger partial charge on any atom is 0.229 e. The summed E-state index contributed by atoms with van der Waals surface area (Å²) < 4.78 is 25.3. The van der Waals surface area contributed by atoms with Gasteiger partial charge in [0.2, 0.25) is 5.91 Å². The van der Waals surface area contributed by atoms with Crippen molar-refractivity contribution in [2.24, 2.45) is 7.05 Å². The van der Waals surface area contributed by atoms with Crippen molar-refractivity contribution in [2.75, 3.05) is 11.1 Å². The first-order valence-corrected chi connectivity index (χ1v) is 9.72. The first-order chi connectivity index (χ1) is 11.4. The van der Waals surface area contributed by atoms with Crippen LogP contribution >= 0.6 is 0 Å². The Hall–Kier alpha value is -2.15. The number of anilines is 1. The van der Waals surface area contributed by atoms with Gasteiger partial charge >= 0.3 is 0 Å². The molecule has 0 atom stereocenters. The summed E-state index contributed by atoms with van der Waals surface area (Å²) in [6.45, 7) is 1.61. The number of nitrogens with zero attached hydrogens (tertiary/aromatic N) is 2. The van der Waals surface area contributed by atoms with E-state index in [1.54, 1.807) is 35.9 Å². The van der Waals surface area contributed by atoms with Crippen LogP contribution in [0.25, 0.3) is 0 Å². The first kappa shape index (κ1) is 16.7. The third-order valence-corrected chi connectivity index (χ3v) is 6.10. The van der Waals surface area contributed by atoms with Gasteiger partial charge in [0.25, 0.3) is 0 Å². The summed E-state index contributed by atoms with van der Waals surface area (Å²) >= 11 is 0. The molecule has 0 spiro atoms. The average Bonchev–Trinajstić information content (AvgIpc) is 3.11. The zero-order valence-electron chi connectivity index (χ0n) is 13.9. The number of rotatable bonds is 5. The highest BCUT2D eigenvalue weighted by molar-refractivity contribution is 7.91. The van der Waals surface area contributed by atoms with Crippen molar-refractivity contribution in [2.45, 2.75) is 37.5 Å². The van der Waals surface area contributed by atoms with Crippen LogP contribution in [-0.4, -0.2) is 29.9 Å². The fourth-order valence-corrected chi connectivity index (χ4v) is 3.90. The largest absolute Gasteiger partial charge is 0.310 e. The van der Waals surface area contributed by atoms with Gasteiger partial charge in [0.1, 0.15) is 5.82 Å². The Morgan fingerprint density at radius 3 is 2.62 bits per heavy atom. The molecule has 1 amide bonds. The molecule has 6 nitrogen and oxygen atoms in total. The Balaban J connectivity index is 1.70. The van der Waals surface area contributed by atoms with E-state index in [9.17, 15) is 13.2 Å². The molecule has 2 aromatic rings. The third kappa shape index (κ3) is 3.21. The van der Waals surface area contributed by atoms with E-state index in [1.807, 2.05) is 7.05 Å². The molecule has 24 heavy (non-hydrogen) atoms. The standard InChI is InChI=1S/C17H21N3O3S/c1-3-24(22,23)13-9-7-12(8-10-13)11-16(21)18-17-14-5-4-6-15(14)19-20(17)2/h7-10H,3-6,11H2,1-2H3,(H,18,21). The number of hydrogen-bond donors (Lipinski definition) is 1. The third-order valence-electron chi connectivity index (χ3n) is 4.35. The molecule has 0 fully saturated rings. The number of carbonyl (C=O) groups is 1. The Bertz CT molecular complexity index is 867. The summed E-state index contributed by atoms with van der Waals surface area (Å²) in [4.78, 5) is 12.6. The molecule has 0 aliphatic heterocycles. The predicted octanol–water partition coefficient (Wildman–Crippen LogP) is 1.88. The van der Waals surface area contributed by atoms with Crippen molar-refractivity contribution >= 4 is 21.6 Å². The van der Waals surface area contributed by atoms with E-state index in [0.29, 0.717) is 4.90 Å². The van der Waals surface area contributed by atoms with E-state index in [4.69, 9.17) is 0 Å². The van der Waals surface area contributed by atoms with Crippen LogP contribution in [0, 0.1) is 0 Å². The zero-order valence-corrected chi connectivity index (χ0v) is 14.7. The second-order valence-corrected chi connectivity index (χ2v) is 8.30. The van der Waals surface area contributed by atoms with Gasteiger partial charge in [-0.25, -0.2) is 8.42 Å². The van der Waals surface area contributed by atoms with Crippen LogP contribution in [0.5, 0.6) is 0 Å². The predicted molar refractivity (Wildman–Crippen MR) is 91.7 cm³/mol. The van der Waals surface area contributed by atoms with E-state index in [-0.39, 0.29) is 18.1 Å². The van der Waals surface area contributed by atoms with E-state index >= 15 is 0 Å². The lowest BCUT2D eigenvalue weighted by Gasteiger charge is -2.08. The SMILES string of the molecule is CCS(=O)(=O)c1ccc(CC(=O)Nc2c3c(nn2C)CCC3)cc1. The number of nitrogens with one attached hydrogen (secondary N) is 1. The molecule has 1 N–H and O–H groups in total. The zero-order chi connectivity index (χ0) is 17.3. The summed E-state index contributed by atoms with van der Waals surface area (Å²) in [6.07, 6.45) is 3.19. The molecule has 128 valence electrons. The Morgan fingerprint density at radius 1 is 1.25 bits per heavy atom. The van der Waals surface area contributed by atoms with Crippen LogP contribution in [0.3, 0.4) is 0 Å². The molecule has 1 aliphatic rings. The lowest BCUT2D eigenvalue weighted by Crippen LogP contribution is -2.17. The highest BCUT2D eigenvalue weighted by atomic mass is 32.2. The summed E-state index contributed by atoms with van der Waals surface area (Å²) in [5.41, 5.74) is 2.98. The van der Waals surface area contributed by atoms with E-state index in [0.717, 1.165) is 41.9 Å². The minimum Gasteiger partial charge on any atom is -0.310 e. The van der Waals surface area contributed by atoms with E-state index in [2.05, 4.69) is 10.4 Å². The normalized spacial score (nSPS) is 13.8. The minimum absolute atomic E-state index is 0.0679. The monoisotopic (exact) mass is 347 g/mol. The maximum absolute atomic E-state index is 12.3. The molecule has 0 unspecified atom stereocenters. The van der Waals surface area contributed by atoms with Crippen LogP contribution < -0.4 is 5.32 Å². The van der Waals surface area contributed by atoms with Crippen molar-refractivity contribution in [3.8, 4) is 0 Å². The van der Waals surface area contributed by atoms with Gasteiger partial charge in [-0.05, 0) is 37.0 Å². The number of carbonyl (C=O) groups excluding carboxylic acids is 1. The molecule has 1 aromatic carbocycles. The van der Waals surface area contributed by atoms with Crippen molar-refractivity contribution < 1.29 is 13.2 Å². The Kier molecular flexibility index (Phi) is 4.45. The van der Waals surface area contributed by atoms with Gasteiger partial charge < -0.3 is 5.32 Å². The van der Waals surface area contributed by atoms with Gasteiger partial charge in [0, 0.05) is 12.6 Å². The summed E-state index contributed by atoms with van der Waals surface area (Å²) in [7, 11) is -1.38. The topological polar surface area (TPSA) is 81.1 Å². The van der Waals surface area contributed by atoms with Gasteiger partial charge in [0.15, 0.2) is 9.84 Å². The Morgan fingerprint density at radius 2 is 1.96 bits per heavy atom. The molecule has 0 radical (unpaired) electrons. The highest BCUT2D eigenvalue weighted by Crippen LogP contribution is 2.28. The fraction of sp³-hybridized carbons (Fsp3) is 0.412. The van der Waals surface area contributed by atoms with Gasteiger partial charge in [-0.3, -0.25) is 9.48 Å². The second-order valence-electron chi connectivity index (χ2n) is 6.02. The molecule has 0 saturated carbocycles. The molecule has 1 aromatic heterocycles. The van der Waals surface area contributed by atoms with Gasteiger partial charge in [-0.1, -0.05) is 19.1 Å². The molecule has 3 rings (SSSR count). The van der Waals surface area contributed by atoms with Crippen LogP contribution in [0.4, 0.5) is 5.82 Å². The number of sulfone groups is 1. The molecule has 1 aliphatic carbocycles. The van der Waals surface area contributed by atoms with E-state index in [1.165, 1.54) is 0 Å². The fourth-order valence-electron chi connectivity index (χ4n) is 3.02. The summed E-state index contributed by atoms with van der Waals surface area (Å²) in [6, 6.07) is 6.50. The van der Waals surface area contributed by atoms with Crippen LogP contribution in [0.1, 0.15) is 30.2 Å². The highest BCUT2D eigenvalue weighted by Gasteiger charge is 2.22. The van der Waals surface area contributed by atoms with Crippen molar-refractivity contribution in [3.05, 3.63) is 41.1 Å². The smallest absolute Gasteiger partial charge is 0.229 e. The lowest BCUT2D eigenvalue weighted by atomic mass is 10.1.